The summed E-state index contributed by atoms with van der Waals surface area (Å²) < 4.78 is 0. The van der Waals surface area contributed by atoms with E-state index < -0.39 is 5.97 Å². The first-order valence-corrected chi connectivity index (χ1v) is 9.99. The van der Waals surface area contributed by atoms with Crippen molar-refractivity contribution in [3.8, 4) is 0 Å². The molecule has 0 spiro atoms. The summed E-state index contributed by atoms with van der Waals surface area (Å²) in [4.78, 5) is 10.4. The van der Waals surface area contributed by atoms with Gasteiger partial charge in [-0.1, -0.05) is 110 Å². The van der Waals surface area contributed by atoms with Gasteiger partial charge in [0.2, 0.25) is 0 Å². The van der Waals surface area contributed by atoms with Crippen LogP contribution in [0.3, 0.4) is 0 Å². The Labute approximate surface area is 164 Å². The van der Waals surface area contributed by atoms with E-state index in [-0.39, 0.29) is 26.2 Å². The fourth-order valence-corrected chi connectivity index (χ4v) is 3.00. The van der Waals surface area contributed by atoms with Crippen LogP contribution in [-0.4, -0.2) is 37.3 Å². The summed E-state index contributed by atoms with van der Waals surface area (Å²) in [5.74, 6) is -0.652. The number of carboxylic acid groups (broad SMARTS) is 1. The number of hydrogen-bond acceptors (Lipinski definition) is 1. The van der Waals surface area contributed by atoms with E-state index >= 15 is 0 Å². The van der Waals surface area contributed by atoms with Gasteiger partial charge in [0.1, 0.15) is 0 Å². The number of hydrogen-bond donors (Lipinski definition) is 1. The molecule has 0 heterocycles. The summed E-state index contributed by atoms with van der Waals surface area (Å²) in [5, 5.41) is 8.54. The third kappa shape index (κ3) is 24.7. The maximum absolute atomic E-state index is 10.4. The molecule has 1 N–H and O–H groups in total. The molecule has 0 bridgehead atoms. The third-order valence-electron chi connectivity index (χ3n) is 4.49. The van der Waals surface area contributed by atoms with E-state index in [0.29, 0.717) is 6.42 Å². The molecule has 0 fully saturated rings. The van der Waals surface area contributed by atoms with Crippen LogP contribution in [0.2, 0.25) is 0 Å². The Bertz CT molecular complexity index is 232. The molecule has 0 saturated heterocycles. The second-order valence-electron chi connectivity index (χ2n) is 6.80. The zero-order valence-electron chi connectivity index (χ0n) is 15.8. The monoisotopic (exact) mass is 524 g/mol. The number of carboxylic acids is 1. The Morgan fingerprint density at radius 2 is 0.826 bits per heavy atom. The molecule has 0 aliphatic heterocycles. The first-order chi connectivity index (χ1) is 10.8. The van der Waals surface area contributed by atoms with Gasteiger partial charge in [-0.05, 0) is 6.42 Å². The molecule has 0 aliphatic rings. The summed E-state index contributed by atoms with van der Waals surface area (Å²) >= 11 is 0. The van der Waals surface area contributed by atoms with Crippen LogP contribution in [0.25, 0.3) is 0 Å². The van der Waals surface area contributed by atoms with Crippen LogP contribution in [0.1, 0.15) is 122 Å². The van der Waals surface area contributed by atoms with Crippen molar-refractivity contribution in [1.29, 1.82) is 0 Å². The van der Waals surface area contributed by atoms with Crippen molar-refractivity contribution in [2.24, 2.45) is 0 Å². The Morgan fingerprint density at radius 3 is 1.09 bits per heavy atom. The molecule has 23 heavy (non-hydrogen) atoms. The topological polar surface area (TPSA) is 37.3 Å². The summed E-state index contributed by atoms with van der Waals surface area (Å²) in [7, 11) is 0. The Kier molecular flexibility index (Phi) is 24.9. The second-order valence-corrected chi connectivity index (χ2v) is 6.80. The van der Waals surface area contributed by atoms with Crippen molar-refractivity contribution >= 4 is 32.2 Å². The third-order valence-corrected chi connectivity index (χ3v) is 4.49. The van der Waals surface area contributed by atoms with Crippen LogP contribution in [-0.2, 0) is 4.79 Å². The van der Waals surface area contributed by atoms with Gasteiger partial charge >= 0.3 is 32.2 Å². The molecule has 0 saturated carbocycles. The van der Waals surface area contributed by atoms with E-state index in [1.807, 2.05) is 0 Å². The summed E-state index contributed by atoms with van der Waals surface area (Å²) in [6, 6.07) is 0. The van der Waals surface area contributed by atoms with Gasteiger partial charge in [-0.15, -0.1) is 0 Å². The number of rotatable bonds is 18. The molecule has 0 unspecified atom stereocenters. The van der Waals surface area contributed by atoms with Gasteiger partial charge in [0.25, 0.3) is 0 Å². The van der Waals surface area contributed by atoms with Gasteiger partial charge in [-0.3, -0.25) is 4.79 Å². The molecule has 0 aromatic heterocycles. The van der Waals surface area contributed by atoms with Crippen molar-refractivity contribution in [2.45, 2.75) is 122 Å². The van der Waals surface area contributed by atoms with Crippen LogP contribution in [0.5, 0.6) is 0 Å². The molecule has 0 atom stereocenters. The molecule has 140 valence electrons. The van der Waals surface area contributed by atoms with E-state index in [1.165, 1.54) is 96.3 Å². The van der Waals surface area contributed by atoms with E-state index in [1.54, 1.807) is 0 Å². The molecular formula is C20H43BiO2. The van der Waals surface area contributed by atoms with Crippen LogP contribution < -0.4 is 0 Å². The van der Waals surface area contributed by atoms with Gasteiger partial charge in [0.15, 0.2) is 0 Å². The van der Waals surface area contributed by atoms with E-state index in [0.717, 1.165) is 12.8 Å². The average Bonchev–Trinajstić information content (AvgIpc) is 2.50. The molecule has 3 heteroatoms. The van der Waals surface area contributed by atoms with Crippen molar-refractivity contribution in [3.63, 3.8) is 0 Å². The summed E-state index contributed by atoms with van der Waals surface area (Å²) in [6.07, 6.45) is 23.1. The van der Waals surface area contributed by atoms with Gasteiger partial charge < -0.3 is 5.11 Å². The van der Waals surface area contributed by atoms with Crippen LogP contribution in [0.4, 0.5) is 0 Å². The predicted molar refractivity (Wildman–Crippen MR) is 106 cm³/mol. The predicted octanol–water partition coefficient (Wildman–Crippen LogP) is 5.93. The van der Waals surface area contributed by atoms with Crippen molar-refractivity contribution < 1.29 is 9.90 Å². The molecule has 0 amide bonds. The van der Waals surface area contributed by atoms with Gasteiger partial charge in [0.05, 0.1) is 0 Å². The second kappa shape index (κ2) is 22.4. The molecular weight excluding hydrogens is 481 g/mol. The fraction of sp³-hybridized carbons (Fsp3) is 0.950. The number of aliphatic carboxylic acids is 1. The van der Waals surface area contributed by atoms with Gasteiger partial charge in [0, 0.05) is 6.42 Å². The normalized spacial score (nSPS) is 10.5. The Morgan fingerprint density at radius 1 is 0.565 bits per heavy atom. The molecule has 2 nitrogen and oxygen atoms in total. The van der Waals surface area contributed by atoms with Crippen molar-refractivity contribution in [2.75, 3.05) is 0 Å². The molecule has 0 aliphatic carbocycles. The van der Waals surface area contributed by atoms with Crippen LogP contribution in [0, 0.1) is 0 Å². The quantitative estimate of drug-likeness (QED) is 0.178. The maximum atomic E-state index is 10.4. The van der Waals surface area contributed by atoms with Crippen LogP contribution in [0.15, 0.2) is 0 Å². The molecule has 0 radical (unpaired) electrons. The number of carbonyl (C=O) groups is 1. The zero-order chi connectivity index (χ0) is 16.3. The minimum absolute atomic E-state index is 0. The average molecular weight is 525 g/mol. The van der Waals surface area contributed by atoms with E-state index in [2.05, 4.69) is 6.92 Å². The zero-order valence-corrected chi connectivity index (χ0v) is 21.3. The minimum atomic E-state index is -0.652. The van der Waals surface area contributed by atoms with Gasteiger partial charge in [-0.25, -0.2) is 0 Å². The van der Waals surface area contributed by atoms with E-state index in [4.69, 9.17) is 5.11 Å². The van der Waals surface area contributed by atoms with Crippen molar-refractivity contribution in [3.05, 3.63) is 0 Å². The molecule has 0 rings (SSSR count). The van der Waals surface area contributed by atoms with Crippen molar-refractivity contribution in [1.82, 2.24) is 0 Å². The van der Waals surface area contributed by atoms with E-state index in [9.17, 15) is 4.79 Å². The Balaban J connectivity index is 0. The van der Waals surface area contributed by atoms with Gasteiger partial charge in [-0.2, -0.15) is 0 Å². The van der Waals surface area contributed by atoms with Crippen LogP contribution >= 0.6 is 0 Å². The first-order valence-electron chi connectivity index (χ1n) is 9.99. The molecule has 0 aromatic rings. The summed E-state index contributed by atoms with van der Waals surface area (Å²) in [5.41, 5.74) is 0. The molecule has 0 aromatic carbocycles. The number of unbranched alkanes of at least 4 members (excludes halogenated alkanes) is 16. The summed E-state index contributed by atoms with van der Waals surface area (Å²) in [6.45, 7) is 2.28. The SMILES string of the molecule is CCCCCCCCCCCCCCCCCCCC(=O)O.[BiH3]. The Hall–Kier alpha value is 0.353. The first kappa shape index (κ1) is 25.6. The standard InChI is InChI=1S/C20H40O2.Bi.3H/c1-2-3-4-5-6-7-8-9-10-11-12-13-14-15-16-17-18-19-20(21)22;;;;/h2-19H2,1H3,(H,21,22);;;;. The fourth-order valence-electron chi connectivity index (χ4n) is 3.00.